The summed E-state index contributed by atoms with van der Waals surface area (Å²) in [6, 6.07) is 8.24. The van der Waals surface area contributed by atoms with Crippen molar-refractivity contribution in [2.24, 2.45) is 0 Å². The number of hydrogen-bond acceptors (Lipinski definition) is 3. The Morgan fingerprint density at radius 3 is 2.68 bits per heavy atom. The summed E-state index contributed by atoms with van der Waals surface area (Å²) in [4.78, 5) is 14.5. The summed E-state index contributed by atoms with van der Waals surface area (Å²) in [6.07, 6.45) is 2.11. The van der Waals surface area contributed by atoms with Gasteiger partial charge in [0.2, 0.25) is 0 Å². The molecular formula is C20H24FNO3. The highest BCUT2D eigenvalue weighted by Gasteiger charge is 2.30. The van der Waals surface area contributed by atoms with Crippen LogP contribution >= 0.6 is 0 Å². The fraction of sp³-hybridized carbons (Fsp3) is 0.450. The molecule has 2 atom stereocenters. The van der Waals surface area contributed by atoms with Crippen LogP contribution in [0.3, 0.4) is 0 Å². The first-order chi connectivity index (χ1) is 12.0. The van der Waals surface area contributed by atoms with Crippen LogP contribution in [-0.2, 0) is 11.2 Å². The Balaban J connectivity index is 1.71. The molecule has 2 aromatic rings. The average molecular weight is 345 g/mol. The van der Waals surface area contributed by atoms with Crippen molar-refractivity contribution >= 4 is 5.91 Å². The lowest BCUT2D eigenvalue weighted by molar-refractivity contribution is -0.0203. The van der Waals surface area contributed by atoms with Gasteiger partial charge in [-0.05, 0) is 49.1 Å². The van der Waals surface area contributed by atoms with Gasteiger partial charge in [0, 0.05) is 26.1 Å². The van der Waals surface area contributed by atoms with E-state index in [-0.39, 0.29) is 23.9 Å². The van der Waals surface area contributed by atoms with Gasteiger partial charge in [0.25, 0.3) is 5.91 Å². The predicted octanol–water partition coefficient (Wildman–Crippen LogP) is 4.28. The Kier molecular flexibility index (Phi) is 5.23. The number of furan rings is 1. The van der Waals surface area contributed by atoms with Crippen LogP contribution in [0.15, 0.2) is 34.7 Å². The monoisotopic (exact) mass is 345 g/mol. The maximum absolute atomic E-state index is 13.1. The lowest BCUT2D eigenvalue weighted by atomic mass is 9.96. The normalized spacial score (nSPS) is 20.5. The minimum atomic E-state index is -0.261. The van der Waals surface area contributed by atoms with Gasteiger partial charge >= 0.3 is 0 Å². The van der Waals surface area contributed by atoms with E-state index >= 15 is 0 Å². The molecule has 134 valence electrons. The summed E-state index contributed by atoms with van der Waals surface area (Å²) in [5.41, 5.74) is 1.95. The molecule has 1 amide bonds. The number of benzene rings is 1. The van der Waals surface area contributed by atoms with Crippen LogP contribution in [-0.4, -0.2) is 30.5 Å². The quantitative estimate of drug-likeness (QED) is 0.830. The van der Waals surface area contributed by atoms with E-state index in [1.54, 1.807) is 17.0 Å². The highest BCUT2D eigenvalue weighted by atomic mass is 19.1. The van der Waals surface area contributed by atoms with Crippen molar-refractivity contribution < 1.29 is 18.3 Å². The second kappa shape index (κ2) is 7.40. The third-order valence-electron chi connectivity index (χ3n) is 4.92. The van der Waals surface area contributed by atoms with Crippen LogP contribution < -0.4 is 0 Å². The van der Waals surface area contributed by atoms with Gasteiger partial charge in [-0.1, -0.05) is 19.1 Å². The third kappa shape index (κ3) is 3.76. The second-order valence-electron chi connectivity index (χ2n) is 6.58. The minimum absolute atomic E-state index is 0.0618. The van der Waals surface area contributed by atoms with Crippen LogP contribution in [0.5, 0.6) is 0 Å². The zero-order valence-electron chi connectivity index (χ0n) is 14.9. The van der Waals surface area contributed by atoms with Crippen LogP contribution in [0.4, 0.5) is 4.39 Å². The summed E-state index contributed by atoms with van der Waals surface area (Å²) in [6.45, 7) is 4.54. The van der Waals surface area contributed by atoms with Gasteiger partial charge in [0.15, 0.2) is 5.76 Å². The molecule has 1 aliphatic heterocycles. The number of carbonyl (C=O) groups excluding carboxylic acids is 1. The van der Waals surface area contributed by atoms with E-state index in [9.17, 15) is 9.18 Å². The number of halogens is 1. The number of hydrogen-bond donors (Lipinski definition) is 0. The first kappa shape index (κ1) is 17.7. The Bertz CT molecular complexity index is 738. The van der Waals surface area contributed by atoms with E-state index in [0.29, 0.717) is 18.8 Å². The van der Waals surface area contributed by atoms with Gasteiger partial charge in [0.05, 0.1) is 6.10 Å². The standard InChI is InChI=1S/C20H24FNO3/c1-4-17-13(2)11-19(25-17)20(23)22(3)16-9-10-24-18(12-16)14-5-7-15(21)8-6-14/h5-8,11,16,18H,4,9-10,12H2,1-3H3/t16-,18+/m0/s1. The lowest BCUT2D eigenvalue weighted by Gasteiger charge is -2.35. The van der Waals surface area contributed by atoms with Crippen LogP contribution in [0, 0.1) is 12.7 Å². The molecule has 0 bridgehead atoms. The summed E-state index contributed by atoms with van der Waals surface area (Å²) in [5, 5.41) is 0. The number of ether oxygens (including phenoxy) is 1. The minimum Gasteiger partial charge on any atom is -0.456 e. The summed E-state index contributed by atoms with van der Waals surface area (Å²) < 4.78 is 24.6. The molecule has 4 nitrogen and oxygen atoms in total. The Morgan fingerprint density at radius 2 is 2.04 bits per heavy atom. The van der Waals surface area contributed by atoms with Crippen molar-refractivity contribution in [3.63, 3.8) is 0 Å². The molecule has 0 unspecified atom stereocenters. The topological polar surface area (TPSA) is 42.7 Å². The molecule has 2 heterocycles. The first-order valence-electron chi connectivity index (χ1n) is 8.73. The molecule has 3 rings (SSSR count). The number of amides is 1. The molecule has 0 spiro atoms. The maximum atomic E-state index is 13.1. The Labute approximate surface area is 147 Å². The number of nitrogens with zero attached hydrogens (tertiary/aromatic N) is 1. The molecule has 0 radical (unpaired) electrons. The van der Waals surface area contributed by atoms with Crippen molar-refractivity contribution in [2.45, 2.75) is 45.3 Å². The molecule has 1 aromatic heterocycles. The molecule has 0 N–H and O–H groups in total. The molecule has 1 fully saturated rings. The van der Waals surface area contributed by atoms with E-state index in [2.05, 4.69) is 0 Å². The van der Waals surface area contributed by atoms with Crippen molar-refractivity contribution in [3.05, 3.63) is 58.8 Å². The lowest BCUT2D eigenvalue weighted by Crippen LogP contribution is -2.41. The van der Waals surface area contributed by atoms with Gasteiger partial charge in [-0.3, -0.25) is 4.79 Å². The molecule has 0 aliphatic carbocycles. The van der Waals surface area contributed by atoms with Crippen molar-refractivity contribution in [2.75, 3.05) is 13.7 Å². The van der Waals surface area contributed by atoms with E-state index in [1.807, 2.05) is 27.0 Å². The largest absolute Gasteiger partial charge is 0.456 e. The van der Waals surface area contributed by atoms with E-state index < -0.39 is 0 Å². The maximum Gasteiger partial charge on any atom is 0.289 e. The zero-order valence-corrected chi connectivity index (χ0v) is 14.9. The molecule has 1 aliphatic rings. The summed E-state index contributed by atoms with van der Waals surface area (Å²) >= 11 is 0. The van der Waals surface area contributed by atoms with Gasteiger partial charge in [-0.15, -0.1) is 0 Å². The van der Waals surface area contributed by atoms with E-state index in [4.69, 9.17) is 9.15 Å². The fourth-order valence-corrected chi connectivity index (χ4v) is 3.36. The Morgan fingerprint density at radius 1 is 1.32 bits per heavy atom. The molecule has 1 saturated heterocycles. The highest BCUT2D eigenvalue weighted by molar-refractivity contribution is 5.91. The second-order valence-corrected chi connectivity index (χ2v) is 6.58. The molecule has 5 heteroatoms. The van der Waals surface area contributed by atoms with Crippen LogP contribution in [0.25, 0.3) is 0 Å². The third-order valence-corrected chi connectivity index (χ3v) is 4.92. The van der Waals surface area contributed by atoms with Gasteiger partial charge in [0.1, 0.15) is 11.6 Å². The molecule has 0 saturated carbocycles. The van der Waals surface area contributed by atoms with E-state index in [1.165, 1.54) is 12.1 Å². The van der Waals surface area contributed by atoms with Gasteiger partial charge in [-0.2, -0.15) is 0 Å². The number of rotatable bonds is 4. The summed E-state index contributed by atoms with van der Waals surface area (Å²) in [7, 11) is 1.81. The molecule has 25 heavy (non-hydrogen) atoms. The SMILES string of the molecule is CCc1oc(C(=O)N(C)[C@H]2CCO[C@@H](c3ccc(F)cc3)C2)cc1C. The average Bonchev–Trinajstić information content (AvgIpc) is 3.02. The number of carbonyl (C=O) groups is 1. The molecular weight excluding hydrogens is 321 g/mol. The fourth-order valence-electron chi connectivity index (χ4n) is 3.36. The van der Waals surface area contributed by atoms with Crippen LogP contribution in [0.2, 0.25) is 0 Å². The highest BCUT2D eigenvalue weighted by Crippen LogP contribution is 2.31. The molecule has 1 aromatic carbocycles. The number of aryl methyl sites for hydroxylation is 2. The van der Waals surface area contributed by atoms with Crippen molar-refractivity contribution in [1.82, 2.24) is 4.90 Å². The summed E-state index contributed by atoms with van der Waals surface area (Å²) in [5.74, 6) is 0.880. The predicted molar refractivity (Wildman–Crippen MR) is 93.0 cm³/mol. The van der Waals surface area contributed by atoms with E-state index in [0.717, 1.165) is 29.7 Å². The Hall–Kier alpha value is -2.14. The zero-order chi connectivity index (χ0) is 18.0. The van der Waals surface area contributed by atoms with Gasteiger partial charge < -0.3 is 14.1 Å². The first-order valence-corrected chi connectivity index (χ1v) is 8.73. The van der Waals surface area contributed by atoms with Gasteiger partial charge in [-0.25, -0.2) is 4.39 Å². The smallest absolute Gasteiger partial charge is 0.289 e. The van der Waals surface area contributed by atoms with Crippen LogP contribution in [0.1, 0.15) is 53.3 Å². The van der Waals surface area contributed by atoms with Crippen molar-refractivity contribution in [1.29, 1.82) is 0 Å². The van der Waals surface area contributed by atoms with Crippen molar-refractivity contribution in [3.8, 4) is 0 Å².